The number of rotatable bonds is 8. The molecule has 0 aliphatic carbocycles. The van der Waals surface area contributed by atoms with E-state index in [2.05, 4.69) is 9.97 Å². The van der Waals surface area contributed by atoms with E-state index in [-0.39, 0.29) is 22.3 Å². The molecule has 0 amide bonds. The second-order valence-corrected chi connectivity index (χ2v) is 10.8. The number of benzene rings is 2. The van der Waals surface area contributed by atoms with Crippen molar-refractivity contribution in [2.75, 3.05) is 11.5 Å². The maximum absolute atomic E-state index is 13.3. The minimum atomic E-state index is -4.05. The van der Waals surface area contributed by atoms with Crippen LogP contribution in [0.25, 0.3) is 11.3 Å². The first kappa shape index (κ1) is 26.0. The Hall–Kier alpha value is -4.08. The number of ether oxygens (including phenoxy) is 1. The molecule has 2 heterocycles. The molecule has 0 bridgehead atoms. The molecule has 190 valence electrons. The summed E-state index contributed by atoms with van der Waals surface area (Å²) >= 11 is 0. The summed E-state index contributed by atoms with van der Waals surface area (Å²) in [5.74, 6) is -0.855. The first-order valence-electron chi connectivity index (χ1n) is 11.6. The number of hydrogen-bond acceptors (Lipinski definition) is 8. The molecule has 0 spiro atoms. The number of anilines is 1. The molecule has 0 aliphatic heterocycles. The summed E-state index contributed by atoms with van der Waals surface area (Å²) in [5.41, 5.74) is 16.6. The van der Waals surface area contributed by atoms with Crippen LogP contribution in [0.15, 0.2) is 71.8 Å². The first-order valence-corrected chi connectivity index (χ1v) is 13.3. The van der Waals surface area contributed by atoms with Gasteiger partial charge in [-0.3, -0.25) is 4.79 Å². The normalized spacial score (nSPS) is 11.4. The Morgan fingerprint density at radius 3 is 2.30 bits per heavy atom. The van der Waals surface area contributed by atoms with E-state index < -0.39 is 21.4 Å². The number of hydrogen-bond donors (Lipinski definition) is 2. The van der Waals surface area contributed by atoms with Gasteiger partial charge in [-0.15, -0.1) is 0 Å². The van der Waals surface area contributed by atoms with E-state index >= 15 is 0 Å². The lowest BCUT2D eigenvalue weighted by molar-refractivity contribution is 0.101. The molecule has 0 fully saturated rings. The molecular weight excluding hydrogens is 488 g/mol. The summed E-state index contributed by atoms with van der Waals surface area (Å²) in [7, 11) is -4.05. The summed E-state index contributed by atoms with van der Waals surface area (Å²) in [6.07, 6.45) is 0. The molecule has 0 saturated carbocycles. The van der Waals surface area contributed by atoms with E-state index in [4.69, 9.17) is 16.2 Å². The van der Waals surface area contributed by atoms with E-state index in [0.717, 1.165) is 27.8 Å². The van der Waals surface area contributed by atoms with E-state index in [0.29, 0.717) is 18.0 Å². The highest BCUT2D eigenvalue weighted by atomic mass is 32.2. The standard InChI is InChI=1S/C28H28N4O4S/c1-17-12-18(2)27(19(3)13-17)36-28-22(10-11-23(31-28)21-7-4-6-20(14-21)15-29)24(33)16-37(34,35)26-9-5-8-25(30)32-26/h4-14H,15-16,29H2,1-3H3,(H2,30,32). The Labute approximate surface area is 216 Å². The van der Waals surface area contributed by atoms with Crippen molar-refractivity contribution in [2.24, 2.45) is 5.73 Å². The van der Waals surface area contributed by atoms with E-state index in [1.54, 1.807) is 6.07 Å². The predicted octanol–water partition coefficient (Wildman–Crippen LogP) is 4.56. The molecule has 9 heteroatoms. The Balaban J connectivity index is 1.78. The lowest BCUT2D eigenvalue weighted by Gasteiger charge is -2.16. The average molecular weight is 517 g/mol. The Bertz CT molecular complexity index is 1580. The van der Waals surface area contributed by atoms with E-state index in [1.807, 2.05) is 57.2 Å². The number of nitrogens with two attached hydrogens (primary N) is 2. The number of nitrogen functional groups attached to an aromatic ring is 1. The summed E-state index contributed by atoms with van der Waals surface area (Å²) in [6.45, 7) is 6.16. The van der Waals surface area contributed by atoms with Crippen LogP contribution in [-0.4, -0.2) is 29.9 Å². The fourth-order valence-electron chi connectivity index (χ4n) is 4.10. The van der Waals surface area contributed by atoms with Gasteiger partial charge in [0.25, 0.3) is 0 Å². The van der Waals surface area contributed by atoms with Crippen molar-refractivity contribution in [3.05, 3.63) is 94.5 Å². The lowest BCUT2D eigenvalue weighted by Crippen LogP contribution is -2.19. The summed E-state index contributed by atoms with van der Waals surface area (Å²) in [5, 5.41) is -0.267. The zero-order valence-electron chi connectivity index (χ0n) is 20.9. The molecule has 0 aliphatic rings. The highest BCUT2D eigenvalue weighted by Gasteiger charge is 2.26. The predicted molar refractivity (Wildman–Crippen MR) is 143 cm³/mol. The maximum Gasteiger partial charge on any atom is 0.230 e. The first-order chi connectivity index (χ1) is 17.6. The third-order valence-electron chi connectivity index (χ3n) is 5.81. The zero-order valence-corrected chi connectivity index (χ0v) is 21.7. The molecule has 2 aromatic heterocycles. The van der Waals surface area contributed by atoms with Gasteiger partial charge in [-0.25, -0.2) is 18.4 Å². The van der Waals surface area contributed by atoms with Crippen LogP contribution in [-0.2, 0) is 16.4 Å². The smallest absolute Gasteiger partial charge is 0.230 e. The van der Waals surface area contributed by atoms with Gasteiger partial charge in [0.2, 0.25) is 15.7 Å². The van der Waals surface area contributed by atoms with E-state index in [9.17, 15) is 13.2 Å². The highest BCUT2D eigenvalue weighted by molar-refractivity contribution is 7.92. The molecule has 2 aromatic carbocycles. The van der Waals surface area contributed by atoms with Crippen LogP contribution in [0.5, 0.6) is 11.6 Å². The van der Waals surface area contributed by atoms with Crippen LogP contribution in [0, 0.1) is 20.8 Å². The van der Waals surface area contributed by atoms with E-state index in [1.165, 1.54) is 24.3 Å². The van der Waals surface area contributed by atoms with Gasteiger partial charge in [0.1, 0.15) is 17.3 Å². The van der Waals surface area contributed by atoms with Gasteiger partial charge < -0.3 is 16.2 Å². The second-order valence-electron chi connectivity index (χ2n) is 8.87. The van der Waals surface area contributed by atoms with Crippen LogP contribution in [0.1, 0.15) is 32.6 Å². The summed E-state index contributed by atoms with van der Waals surface area (Å²) in [4.78, 5) is 21.8. The molecule has 4 rings (SSSR count). The molecule has 4 N–H and O–H groups in total. The molecule has 0 radical (unpaired) electrons. The molecule has 0 atom stereocenters. The van der Waals surface area contributed by atoms with Gasteiger partial charge in [-0.1, -0.05) is 42.0 Å². The number of aromatic nitrogens is 2. The fraction of sp³-hybridized carbons (Fsp3) is 0.179. The Morgan fingerprint density at radius 1 is 0.919 bits per heavy atom. The number of Topliss-reactive ketones (excluding diaryl/α,β-unsaturated/α-hetero) is 1. The molecule has 4 aromatic rings. The SMILES string of the molecule is Cc1cc(C)c(Oc2nc(-c3cccc(CN)c3)ccc2C(=O)CS(=O)(=O)c2cccc(N)n2)c(C)c1. The average Bonchev–Trinajstić information content (AvgIpc) is 2.86. The Kier molecular flexibility index (Phi) is 7.37. The minimum Gasteiger partial charge on any atom is -0.438 e. The largest absolute Gasteiger partial charge is 0.438 e. The van der Waals surface area contributed by atoms with Crippen molar-refractivity contribution in [1.82, 2.24) is 9.97 Å². The van der Waals surface area contributed by atoms with Gasteiger partial charge in [0.05, 0.1) is 11.3 Å². The number of ketones is 1. The van der Waals surface area contributed by atoms with Crippen LogP contribution in [0.2, 0.25) is 0 Å². The van der Waals surface area contributed by atoms with Crippen LogP contribution >= 0.6 is 0 Å². The number of carbonyl (C=O) groups excluding carboxylic acids is 1. The van der Waals surface area contributed by atoms with Crippen molar-refractivity contribution >= 4 is 21.4 Å². The van der Waals surface area contributed by atoms with Crippen molar-refractivity contribution < 1.29 is 17.9 Å². The quantitative estimate of drug-likeness (QED) is 0.325. The third kappa shape index (κ3) is 5.84. The van der Waals surface area contributed by atoms with Gasteiger partial charge in [0.15, 0.2) is 10.8 Å². The maximum atomic E-state index is 13.3. The van der Waals surface area contributed by atoms with Crippen molar-refractivity contribution in [1.29, 1.82) is 0 Å². The topological polar surface area (TPSA) is 138 Å². The van der Waals surface area contributed by atoms with Gasteiger partial charge >= 0.3 is 0 Å². The van der Waals surface area contributed by atoms with Crippen molar-refractivity contribution in [2.45, 2.75) is 32.3 Å². The lowest BCUT2D eigenvalue weighted by atomic mass is 10.1. The van der Waals surface area contributed by atoms with Gasteiger partial charge in [0, 0.05) is 12.1 Å². The molecular formula is C28H28N4O4S. The van der Waals surface area contributed by atoms with Crippen LogP contribution in [0.4, 0.5) is 5.82 Å². The van der Waals surface area contributed by atoms with Crippen LogP contribution in [0.3, 0.4) is 0 Å². The number of aryl methyl sites for hydroxylation is 3. The third-order valence-corrected chi connectivity index (χ3v) is 7.31. The monoisotopic (exact) mass is 516 g/mol. The summed E-state index contributed by atoms with van der Waals surface area (Å²) in [6, 6.07) is 19.0. The number of pyridine rings is 2. The summed E-state index contributed by atoms with van der Waals surface area (Å²) < 4.78 is 32.1. The van der Waals surface area contributed by atoms with Crippen molar-refractivity contribution in [3.8, 4) is 22.9 Å². The number of carbonyl (C=O) groups is 1. The molecule has 0 unspecified atom stereocenters. The van der Waals surface area contributed by atoms with Crippen molar-refractivity contribution in [3.63, 3.8) is 0 Å². The molecule has 8 nitrogen and oxygen atoms in total. The zero-order chi connectivity index (χ0) is 26.7. The van der Waals surface area contributed by atoms with Crippen LogP contribution < -0.4 is 16.2 Å². The highest BCUT2D eigenvalue weighted by Crippen LogP contribution is 2.33. The van der Waals surface area contributed by atoms with Gasteiger partial charge in [-0.05, 0) is 67.8 Å². The van der Waals surface area contributed by atoms with Gasteiger partial charge in [-0.2, -0.15) is 0 Å². The minimum absolute atomic E-state index is 0.0199. The Morgan fingerprint density at radius 2 is 1.62 bits per heavy atom. The molecule has 37 heavy (non-hydrogen) atoms. The fourth-order valence-corrected chi connectivity index (χ4v) is 5.28. The molecule has 0 saturated heterocycles. The number of nitrogens with zero attached hydrogens (tertiary/aromatic N) is 2. The number of sulfone groups is 1. The second kappa shape index (κ2) is 10.5.